The number of carbonyl (C=O) groups is 1. The minimum absolute atomic E-state index is 0.0628. The first-order chi connectivity index (χ1) is 13.0. The number of aryl methyl sites for hydroxylation is 1. The van der Waals surface area contributed by atoms with E-state index in [2.05, 4.69) is 9.88 Å². The molecule has 0 aromatic carbocycles. The lowest BCUT2D eigenvalue weighted by Gasteiger charge is -2.22. The molecule has 1 aliphatic rings. The van der Waals surface area contributed by atoms with Crippen LogP contribution in [0, 0.1) is 6.92 Å². The van der Waals surface area contributed by atoms with Crippen LogP contribution < -0.4 is 5.73 Å². The topological polar surface area (TPSA) is 82.7 Å². The summed E-state index contributed by atoms with van der Waals surface area (Å²) in [5, 5.41) is 9.43. The lowest BCUT2D eigenvalue weighted by Crippen LogP contribution is -2.22. The maximum Gasteiger partial charge on any atom is 0.214 e. The zero-order valence-corrected chi connectivity index (χ0v) is 17.8. The Balaban J connectivity index is 1.98. The van der Waals surface area contributed by atoms with Crippen LogP contribution in [0.5, 0.6) is 0 Å². The molecule has 0 aliphatic carbocycles. The van der Waals surface area contributed by atoms with Crippen molar-refractivity contribution in [2.24, 2.45) is 0 Å². The van der Waals surface area contributed by atoms with E-state index in [0.717, 1.165) is 40.6 Å². The van der Waals surface area contributed by atoms with E-state index in [-0.39, 0.29) is 6.61 Å². The van der Waals surface area contributed by atoms with Gasteiger partial charge in [0, 0.05) is 47.2 Å². The van der Waals surface area contributed by atoms with Gasteiger partial charge in [0.25, 0.3) is 0 Å². The lowest BCUT2D eigenvalue weighted by atomic mass is 10.2. The van der Waals surface area contributed by atoms with Crippen LogP contribution in [0.15, 0.2) is 22.7 Å². The molecule has 2 rings (SSSR count). The molecule has 150 valence electrons. The first-order valence-corrected chi connectivity index (χ1v) is 11.6. The second-order valence-corrected chi connectivity index (χ2v) is 9.18. The molecule has 1 saturated heterocycles. The molecule has 1 fully saturated rings. The van der Waals surface area contributed by atoms with Crippen molar-refractivity contribution in [2.75, 3.05) is 37.7 Å². The molecule has 0 radical (unpaired) electrons. The second kappa shape index (κ2) is 11.6. The molecule has 1 aromatic heterocycles. The molecule has 3 N–H and O–H groups in total. The quantitative estimate of drug-likeness (QED) is 0.330. The highest BCUT2D eigenvalue weighted by atomic mass is 33.1. The van der Waals surface area contributed by atoms with Gasteiger partial charge in [-0.05, 0) is 45.8 Å². The average Bonchev–Trinajstić information content (AvgIpc) is 3.16. The van der Waals surface area contributed by atoms with Crippen molar-refractivity contribution >= 4 is 33.8 Å². The summed E-state index contributed by atoms with van der Waals surface area (Å²) < 4.78 is 0. The van der Waals surface area contributed by atoms with Gasteiger partial charge < -0.3 is 20.6 Å². The third kappa shape index (κ3) is 7.03. The van der Waals surface area contributed by atoms with Crippen molar-refractivity contribution in [1.82, 2.24) is 14.8 Å². The fourth-order valence-electron chi connectivity index (χ4n) is 2.99. The molecule has 1 aromatic rings. The number of carbonyl (C=O) groups excluding carboxylic acids is 1. The second-order valence-electron chi connectivity index (χ2n) is 6.67. The molecular formula is C19H30N4O2S2. The van der Waals surface area contributed by atoms with Gasteiger partial charge in [0.05, 0.1) is 6.54 Å². The van der Waals surface area contributed by atoms with E-state index in [4.69, 9.17) is 5.73 Å². The normalized spacial score (nSPS) is 15.7. The van der Waals surface area contributed by atoms with Gasteiger partial charge >= 0.3 is 0 Å². The smallest absolute Gasteiger partial charge is 0.214 e. The van der Waals surface area contributed by atoms with Gasteiger partial charge in [-0.15, -0.1) is 0 Å². The van der Waals surface area contributed by atoms with Crippen LogP contribution in [0.2, 0.25) is 0 Å². The lowest BCUT2D eigenvalue weighted by molar-refractivity contribution is -0.116. The first kappa shape index (κ1) is 22.1. The number of likely N-dealkylation sites (tertiary alicyclic amines) is 1. The van der Waals surface area contributed by atoms with E-state index in [9.17, 15) is 9.90 Å². The zero-order chi connectivity index (χ0) is 19.6. The Labute approximate surface area is 170 Å². The van der Waals surface area contributed by atoms with Crippen LogP contribution >= 0.6 is 21.6 Å². The highest BCUT2D eigenvalue weighted by Crippen LogP contribution is 2.35. The van der Waals surface area contributed by atoms with Gasteiger partial charge in [-0.3, -0.25) is 4.79 Å². The van der Waals surface area contributed by atoms with Gasteiger partial charge in [-0.25, -0.2) is 4.98 Å². The number of aliphatic hydroxyl groups is 1. The molecule has 0 unspecified atom stereocenters. The summed E-state index contributed by atoms with van der Waals surface area (Å²) in [6, 6.07) is 3.80. The van der Waals surface area contributed by atoms with E-state index in [0.29, 0.717) is 18.8 Å². The van der Waals surface area contributed by atoms with Crippen LogP contribution in [0.4, 0.5) is 5.82 Å². The standard InChI is InChI=1S/C19H30N4O2S2/c1-15-5-6-17(19(20)21-15)13-23(14-25)16(2)18(7-11-24)27-26-12-10-22-8-3-4-9-22/h5-6,14,24H,3-4,7-13H2,1-2H3,(H2,20,21). The predicted molar refractivity (Wildman–Crippen MR) is 115 cm³/mol. The number of hydrogen-bond acceptors (Lipinski definition) is 7. The van der Waals surface area contributed by atoms with Crippen molar-refractivity contribution in [3.05, 3.63) is 34.0 Å². The number of hydrogen-bond donors (Lipinski definition) is 2. The van der Waals surface area contributed by atoms with Gasteiger partial charge in [-0.2, -0.15) is 0 Å². The maximum absolute atomic E-state index is 11.7. The summed E-state index contributed by atoms with van der Waals surface area (Å²) in [6.45, 7) is 7.74. The third-order valence-electron chi connectivity index (χ3n) is 4.64. The summed E-state index contributed by atoms with van der Waals surface area (Å²) in [6.07, 6.45) is 3.97. The summed E-state index contributed by atoms with van der Waals surface area (Å²) >= 11 is 0. The largest absolute Gasteiger partial charge is 0.396 e. The highest BCUT2D eigenvalue weighted by molar-refractivity contribution is 8.78. The summed E-state index contributed by atoms with van der Waals surface area (Å²) in [7, 11) is 3.44. The van der Waals surface area contributed by atoms with E-state index in [1.165, 1.54) is 25.9 Å². The summed E-state index contributed by atoms with van der Waals surface area (Å²) in [5.74, 6) is 1.48. The Hall–Kier alpha value is -1.22. The monoisotopic (exact) mass is 410 g/mol. The fraction of sp³-hybridized carbons (Fsp3) is 0.579. The van der Waals surface area contributed by atoms with E-state index in [1.54, 1.807) is 26.5 Å². The Morgan fingerprint density at radius 3 is 2.78 bits per heavy atom. The SMILES string of the molecule is CC(=C(CCO)SSCCN1CCCC1)N(C=O)Cc1ccc(C)nc1N. The Kier molecular flexibility index (Phi) is 9.47. The Morgan fingerprint density at radius 1 is 1.41 bits per heavy atom. The Bertz CT molecular complexity index is 649. The third-order valence-corrected chi connectivity index (χ3v) is 7.27. The number of pyridine rings is 1. The number of nitrogens with zero attached hydrogens (tertiary/aromatic N) is 3. The fourth-order valence-corrected chi connectivity index (χ4v) is 5.47. The van der Waals surface area contributed by atoms with Gasteiger partial charge in [0.15, 0.2) is 0 Å². The van der Waals surface area contributed by atoms with Crippen LogP contribution in [0.3, 0.4) is 0 Å². The number of rotatable bonds is 11. The minimum atomic E-state index is 0.0628. The average molecular weight is 411 g/mol. The maximum atomic E-state index is 11.7. The first-order valence-electron chi connectivity index (χ1n) is 9.31. The molecule has 1 aliphatic heterocycles. The zero-order valence-electron chi connectivity index (χ0n) is 16.2. The molecule has 2 heterocycles. The van der Waals surface area contributed by atoms with Crippen molar-refractivity contribution in [3.63, 3.8) is 0 Å². The van der Waals surface area contributed by atoms with Crippen LogP contribution in [0.25, 0.3) is 0 Å². The molecule has 27 heavy (non-hydrogen) atoms. The molecule has 8 heteroatoms. The molecule has 0 bridgehead atoms. The number of amides is 1. The number of nitrogens with two attached hydrogens (primary N) is 1. The minimum Gasteiger partial charge on any atom is -0.396 e. The van der Waals surface area contributed by atoms with Crippen molar-refractivity contribution in [2.45, 2.75) is 39.7 Å². The Morgan fingerprint density at radius 2 is 2.15 bits per heavy atom. The molecule has 6 nitrogen and oxygen atoms in total. The highest BCUT2D eigenvalue weighted by Gasteiger charge is 2.15. The molecular weight excluding hydrogens is 380 g/mol. The number of allylic oxidation sites excluding steroid dienone is 1. The number of aliphatic hydroxyl groups excluding tert-OH is 1. The van der Waals surface area contributed by atoms with Crippen molar-refractivity contribution in [3.8, 4) is 0 Å². The number of nitrogen functional groups attached to an aromatic ring is 1. The van der Waals surface area contributed by atoms with Crippen molar-refractivity contribution in [1.29, 1.82) is 0 Å². The summed E-state index contributed by atoms with van der Waals surface area (Å²) in [4.78, 5) is 21.1. The van der Waals surface area contributed by atoms with Crippen LogP contribution in [0.1, 0.15) is 37.4 Å². The van der Waals surface area contributed by atoms with E-state index < -0.39 is 0 Å². The summed E-state index contributed by atoms with van der Waals surface area (Å²) in [5.41, 5.74) is 8.53. The molecule has 0 atom stereocenters. The molecule has 1 amide bonds. The molecule has 0 saturated carbocycles. The van der Waals surface area contributed by atoms with Gasteiger partial charge in [0.1, 0.15) is 5.82 Å². The predicted octanol–water partition coefficient (Wildman–Crippen LogP) is 3.02. The van der Waals surface area contributed by atoms with E-state index in [1.807, 2.05) is 26.0 Å². The van der Waals surface area contributed by atoms with Gasteiger partial charge in [0.2, 0.25) is 6.41 Å². The molecule has 0 spiro atoms. The number of anilines is 1. The van der Waals surface area contributed by atoms with E-state index >= 15 is 0 Å². The van der Waals surface area contributed by atoms with Gasteiger partial charge in [-0.1, -0.05) is 27.7 Å². The van der Waals surface area contributed by atoms with Crippen molar-refractivity contribution < 1.29 is 9.90 Å². The van der Waals surface area contributed by atoms with Crippen LogP contribution in [-0.4, -0.2) is 58.3 Å². The number of aromatic nitrogens is 1. The van der Waals surface area contributed by atoms with Crippen LogP contribution in [-0.2, 0) is 11.3 Å².